The van der Waals surface area contributed by atoms with Crippen LogP contribution in [0.4, 0.5) is 10.1 Å². The Hall–Kier alpha value is -2.54. The van der Waals surface area contributed by atoms with Crippen molar-refractivity contribution in [2.75, 3.05) is 4.90 Å². The topological polar surface area (TPSA) is 50.5 Å². The first-order chi connectivity index (χ1) is 14.0. The molecule has 8 heteroatoms. The summed E-state index contributed by atoms with van der Waals surface area (Å²) in [5, 5.41) is 0.330. The van der Waals surface area contributed by atoms with Crippen molar-refractivity contribution in [2.24, 2.45) is 0 Å². The zero-order chi connectivity index (χ0) is 20.5. The smallest absolute Gasteiger partial charge is 0.272 e. The molecule has 0 saturated heterocycles. The minimum atomic E-state index is -0.548. The second-order valence-corrected chi connectivity index (χ2v) is 7.87. The Morgan fingerprint density at radius 2 is 1.72 bits per heavy atom. The molecule has 0 saturated carbocycles. The van der Waals surface area contributed by atoms with Gasteiger partial charge < -0.3 is 4.42 Å². The first kappa shape index (κ1) is 19.8. The van der Waals surface area contributed by atoms with Gasteiger partial charge in [0.2, 0.25) is 0 Å². The van der Waals surface area contributed by atoms with E-state index in [2.05, 4.69) is 0 Å². The number of anilines is 1. The van der Waals surface area contributed by atoms with E-state index < -0.39 is 17.6 Å². The highest BCUT2D eigenvalue weighted by atomic mass is 35.5. The molecule has 29 heavy (non-hydrogen) atoms. The van der Waals surface area contributed by atoms with Gasteiger partial charge >= 0.3 is 0 Å². The number of carbonyl (C=O) groups is 2. The van der Waals surface area contributed by atoms with E-state index in [-0.39, 0.29) is 26.2 Å². The summed E-state index contributed by atoms with van der Waals surface area (Å²) in [5.74, 6) is -0.503. The largest absolute Gasteiger partial charge is 0.468 e. The Bertz CT molecular complexity index is 1130. The molecule has 1 aliphatic heterocycles. The number of hydrogen-bond donors (Lipinski definition) is 0. The molecule has 1 aliphatic rings. The van der Waals surface area contributed by atoms with Gasteiger partial charge in [-0.25, -0.2) is 9.29 Å². The lowest BCUT2D eigenvalue weighted by molar-refractivity contribution is -0.119. The minimum Gasteiger partial charge on any atom is -0.468 e. The number of carbonyl (C=O) groups excluding carboxylic acids is 2. The lowest BCUT2D eigenvalue weighted by Crippen LogP contribution is -2.31. The molecule has 0 aliphatic carbocycles. The molecule has 0 N–H and O–H groups in total. The van der Waals surface area contributed by atoms with E-state index in [9.17, 15) is 14.0 Å². The van der Waals surface area contributed by atoms with E-state index in [1.165, 1.54) is 42.3 Å². The Labute approximate surface area is 179 Å². The van der Waals surface area contributed by atoms with Crippen LogP contribution in [0.25, 0.3) is 5.57 Å². The molecule has 1 aromatic heterocycles. The number of nitrogens with zero attached hydrogens (tertiary/aromatic N) is 1. The highest BCUT2D eigenvalue weighted by molar-refractivity contribution is 8.03. The number of hydrogen-bond acceptors (Lipinski definition) is 4. The van der Waals surface area contributed by atoms with Crippen molar-refractivity contribution in [1.29, 1.82) is 0 Å². The van der Waals surface area contributed by atoms with E-state index in [4.69, 9.17) is 27.6 Å². The average Bonchev–Trinajstić information content (AvgIpc) is 3.30. The zero-order valence-corrected chi connectivity index (χ0v) is 17.0. The molecule has 3 aromatic rings. The molecule has 2 amide bonds. The Balaban J connectivity index is 1.78. The SMILES string of the molecule is O=C1C(SCc2ccco2)=C(c2ccc(F)cc2)C(=O)N1c1cccc(Cl)c1Cl. The van der Waals surface area contributed by atoms with Gasteiger partial charge in [0.1, 0.15) is 11.6 Å². The Kier molecular flexibility index (Phi) is 5.50. The van der Waals surface area contributed by atoms with Crippen molar-refractivity contribution < 1.29 is 18.4 Å². The van der Waals surface area contributed by atoms with E-state index >= 15 is 0 Å². The summed E-state index contributed by atoms with van der Waals surface area (Å²) in [5.41, 5.74) is 0.817. The summed E-state index contributed by atoms with van der Waals surface area (Å²) in [6, 6.07) is 13.6. The van der Waals surface area contributed by atoms with Gasteiger partial charge in [0.05, 0.1) is 38.2 Å². The van der Waals surface area contributed by atoms with Gasteiger partial charge in [-0.2, -0.15) is 0 Å². The van der Waals surface area contributed by atoms with E-state index in [0.29, 0.717) is 17.1 Å². The molecular formula is C21H12Cl2FNO3S. The number of amides is 2. The molecule has 0 bridgehead atoms. The van der Waals surface area contributed by atoms with Crippen molar-refractivity contribution in [3.8, 4) is 0 Å². The van der Waals surface area contributed by atoms with E-state index in [0.717, 1.165) is 4.90 Å². The number of furan rings is 1. The van der Waals surface area contributed by atoms with Crippen molar-refractivity contribution in [3.05, 3.63) is 93.0 Å². The van der Waals surface area contributed by atoms with Crippen molar-refractivity contribution in [1.82, 2.24) is 0 Å². The maximum atomic E-state index is 13.4. The molecule has 4 rings (SSSR count). The summed E-state index contributed by atoms with van der Waals surface area (Å²) < 4.78 is 18.7. The van der Waals surface area contributed by atoms with Crippen LogP contribution in [0, 0.1) is 5.82 Å². The van der Waals surface area contributed by atoms with Crippen LogP contribution >= 0.6 is 35.0 Å². The van der Waals surface area contributed by atoms with Crippen LogP contribution < -0.4 is 4.90 Å². The Morgan fingerprint density at radius 3 is 2.41 bits per heavy atom. The minimum absolute atomic E-state index is 0.103. The summed E-state index contributed by atoms with van der Waals surface area (Å²) in [4.78, 5) is 27.7. The lowest BCUT2D eigenvalue weighted by Gasteiger charge is -2.17. The third-order valence-corrected chi connectivity index (χ3v) is 6.19. The molecule has 0 fully saturated rings. The normalized spacial score (nSPS) is 14.2. The molecule has 146 valence electrons. The van der Waals surface area contributed by atoms with Crippen LogP contribution in [0.3, 0.4) is 0 Å². The molecule has 0 spiro atoms. The standard InChI is InChI=1S/C21H12Cl2FNO3S/c22-15-4-1-5-16(18(15)23)25-20(26)17(12-6-8-13(24)9-7-12)19(21(25)27)29-11-14-3-2-10-28-14/h1-10H,11H2. The highest BCUT2D eigenvalue weighted by Crippen LogP contribution is 2.42. The maximum absolute atomic E-state index is 13.4. The fourth-order valence-corrected chi connectivity index (χ4v) is 4.33. The number of imide groups is 1. The van der Waals surface area contributed by atoms with Gasteiger partial charge in [-0.1, -0.05) is 41.4 Å². The van der Waals surface area contributed by atoms with Crippen molar-refractivity contribution >= 4 is 58.0 Å². The molecular weight excluding hydrogens is 436 g/mol. The van der Waals surface area contributed by atoms with Gasteiger partial charge in [0.15, 0.2) is 0 Å². The maximum Gasteiger partial charge on any atom is 0.272 e. The zero-order valence-electron chi connectivity index (χ0n) is 14.7. The molecule has 2 aromatic carbocycles. The van der Waals surface area contributed by atoms with Crippen LogP contribution in [0.15, 0.2) is 70.2 Å². The summed E-state index contributed by atoms with van der Waals surface area (Å²) in [6.07, 6.45) is 1.53. The lowest BCUT2D eigenvalue weighted by atomic mass is 10.1. The summed E-state index contributed by atoms with van der Waals surface area (Å²) >= 11 is 13.5. The number of halogens is 3. The second-order valence-electron chi connectivity index (χ2n) is 6.10. The predicted molar refractivity (Wildman–Crippen MR) is 112 cm³/mol. The van der Waals surface area contributed by atoms with Gasteiger partial charge in [-0.15, -0.1) is 11.8 Å². The van der Waals surface area contributed by atoms with Crippen LogP contribution in [-0.2, 0) is 15.3 Å². The predicted octanol–water partition coefficient (Wildman–Crippen LogP) is 5.94. The fraction of sp³-hybridized carbons (Fsp3) is 0.0476. The molecule has 0 radical (unpaired) electrons. The van der Waals surface area contributed by atoms with Crippen molar-refractivity contribution in [2.45, 2.75) is 5.75 Å². The number of benzene rings is 2. The summed E-state index contributed by atoms with van der Waals surface area (Å²) in [7, 11) is 0. The van der Waals surface area contributed by atoms with E-state index in [1.807, 2.05) is 0 Å². The van der Waals surface area contributed by atoms with Gasteiger partial charge in [0.25, 0.3) is 11.8 Å². The average molecular weight is 448 g/mol. The van der Waals surface area contributed by atoms with Gasteiger partial charge in [0, 0.05) is 0 Å². The molecule has 0 atom stereocenters. The van der Waals surface area contributed by atoms with E-state index in [1.54, 1.807) is 30.3 Å². The monoisotopic (exact) mass is 447 g/mol. The van der Waals surface area contributed by atoms with Crippen LogP contribution in [0.2, 0.25) is 10.0 Å². The highest BCUT2D eigenvalue weighted by Gasteiger charge is 2.41. The molecule has 0 unspecified atom stereocenters. The van der Waals surface area contributed by atoms with Crippen molar-refractivity contribution in [3.63, 3.8) is 0 Å². The fourth-order valence-electron chi connectivity index (χ4n) is 2.94. The third-order valence-electron chi connectivity index (χ3n) is 4.29. The molecule has 2 heterocycles. The summed E-state index contributed by atoms with van der Waals surface area (Å²) in [6.45, 7) is 0. The van der Waals surface area contributed by atoms with Crippen LogP contribution in [-0.4, -0.2) is 11.8 Å². The first-order valence-electron chi connectivity index (χ1n) is 8.45. The van der Waals surface area contributed by atoms with Gasteiger partial charge in [-0.05, 0) is 42.0 Å². The molecule has 4 nitrogen and oxygen atoms in total. The van der Waals surface area contributed by atoms with Crippen LogP contribution in [0.1, 0.15) is 11.3 Å². The van der Waals surface area contributed by atoms with Gasteiger partial charge in [-0.3, -0.25) is 9.59 Å². The Morgan fingerprint density at radius 1 is 0.966 bits per heavy atom. The number of thioether (sulfide) groups is 1. The second kappa shape index (κ2) is 8.06. The quantitative estimate of drug-likeness (QED) is 0.453. The first-order valence-corrected chi connectivity index (χ1v) is 10.2. The third kappa shape index (κ3) is 3.71. The number of rotatable bonds is 5. The van der Waals surface area contributed by atoms with Crippen LogP contribution in [0.5, 0.6) is 0 Å².